The van der Waals surface area contributed by atoms with E-state index in [1.807, 2.05) is 0 Å². The van der Waals surface area contributed by atoms with Gasteiger partial charge in [0.15, 0.2) is 0 Å². The number of aliphatic carboxylic acids is 1. The van der Waals surface area contributed by atoms with Gasteiger partial charge >= 0.3 is 5.97 Å². The van der Waals surface area contributed by atoms with Crippen LogP contribution in [0.4, 0.5) is 5.69 Å². The fraction of sp³-hybridized carbons (Fsp3) is 0. The van der Waals surface area contributed by atoms with Crippen molar-refractivity contribution < 1.29 is 14.8 Å². The molecule has 0 aliphatic heterocycles. The topological polar surface area (TPSA) is 80.4 Å². The quantitative estimate of drug-likeness (QED) is 0.402. The Morgan fingerprint density at radius 2 is 1.86 bits per heavy atom. The van der Waals surface area contributed by atoms with Crippen LogP contribution < -0.4 is 0 Å². The van der Waals surface area contributed by atoms with Crippen LogP contribution in [-0.4, -0.2) is 16.0 Å². The highest BCUT2D eigenvalue weighted by molar-refractivity contribution is 6.31. The molecule has 21 heavy (non-hydrogen) atoms. The van der Waals surface area contributed by atoms with Crippen molar-refractivity contribution >= 4 is 34.9 Å². The summed E-state index contributed by atoms with van der Waals surface area (Å²) in [4.78, 5) is 21.8. The zero-order valence-corrected chi connectivity index (χ0v) is 11.4. The number of nitro benzene ring substituents is 1. The average molecular weight is 304 g/mol. The Balaban J connectivity index is 2.59. The maximum absolute atomic E-state index is 11.4. The number of carboxylic acid groups (broad SMARTS) is 1. The summed E-state index contributed by atoms with van der Waals surface area (Å²) in [5.41, 5.74) is 0.387. The number of nitro groups is 1. The SMILES string of the molecule is O=C(O)/C(=C\c1ccc(Cl)cc1[N+](=O)[O-])c1ccccc1. The van der Waals surface area contributed by atoms with Gasteiger partial charge in [0.05, 0.1) is 16.1 Å². The van der Waals surface area contributed by atoms with Crippen molar-refractivity contribution in [2.24, 2.45) is 0 Å². The number of carbonyl (C=O) groups is 1. The highest BCUT2D eigenvalue weighted by Crippen LogP contribution is 2.27. The number of nitrogens with zero attached hydrogens (tertiary/aromatic N) is 1. The van der Waals surface area contributed by atoms with E-state index >= 15 is 0 Å². The van der Waals surface area contributed by atoms with Crippen LogP contribution in [0.2, 0.25) is 5.02 Å². The summed E-state index contributed by atoms with van der Waals surface area (Å²) in [6.45, 7) is 0. The van der Waals surface area contributed by atoms with E-state index in [0.717, 1.165) is 0 Å². The highest BCUT2D eigenvalue weighted by atomic mass is 35.5. The Morgan fingerprint density at radius 1 is 1.19 bits per heavy atom. The molecular formula is C15H10ClNO4. The number of hydrogen-bond acceptors (Lipinski definition) is 3. The molecule has 0 aliphatic carbocycles. The summed E-state index contributed by atoms with van der Waals surface area (Å²) in [6.07, 6.45) is 1.27. The van der Waals surface area contributed by atoms with Crippen molar-refractivity contribution in [1.29, 1.82) is 0 Å². The Kier molecular flexibility index (Phi) is 4.35. The summed E-state index contributed by atoms with van der Waals surface area (Å²) in [7, 11) is 0. The molecule has 0 aromatic heterocycles. The van der Waals surface area contributed by atoms with Crippen LogP contribution in [0.1, 0.15) is 11.1 Å². The second-order valence-electron chi connectivity index (χ2n) is 4.19. The molecule has 1 N–H and O–H groups in total. The molecular weight excluding hydrogens is 294 g/mol. The molecule has 5 nitrogen and oxygen atoms in total. The molecule has 0 bridgehead atoms. The van der Waals surface area contributed by atoms with Crippen molar-refractivity contribution in [3.05, 3.63) is 74.8 Å². The maximum atomic E-state index is 11.4. The van der Waals surface area contributed by atoms with Crippen LogP contribution in [0, 0.1) is 10.1 Å². The number of benzene rings is 2. The van der Waals surface area contributed by atoms with Crippen LogP contribution >= 0.6 is 11.6 Å². The predicted molar refractivity (Wildman–Crippen MR) is 80.1 cm³/mol. The van der Waals surface area contributed by atoms with Crippen LogP contribution in [0.25, 0.3) is 11.6 Å². The van der Waals surface area contributed by atoms with E-state index in [0.29, 0.717) is 5.56 Å². The van der Waals surface area contributed by atoms with E-state index in [9.17, 15) is 20.0 Å². The van der Waals surface area contributed by atoms with Crippen LogP contribution in [0.15, 0.2) is 48.5 Å². The fourth-order valence-corrected chi connectivity index (χ4v) is 2.01. The summed E-state index contributed by atoms with van der Waals surface area (Å²) >= 11 is 5.74. The summed E-state index contributed by atoms with van der Waals surface area (Å²) in [5, 5.41) is 20.6. The van der Waals surface area contributed by atoms with E-state index in [-0.39, 0.29) is 21.8 Å². The Labute approximate surface area is 125 Å². The largest absolute Gasteiger partial charge is 0.478 e. The lowest BCUT2D eigenvalue weighted by molar-refractivity contribution is -0.385. The number of halogens is 1. The molecule has 0 unspecified atom stereocenters. The molecule has 0 amide bonds. The van der Waals surface area contributed by atoms with Gasteiger partial charge < -0.3 is 5.11 Å². The molecule has 2 aromatic carbocycles. The zero-order chi connectivity index (χ0) is 15.4. The number of hydrogen-bond donors (Lipinski definition) is 1. The van der Waals surface area contributed by atoms with Gasteiger partial charge in [0.2, 0.25) is 0 Å². The summed E-state index contributed by atoms with van der Waals surface area (Å²) in [5.74, 6) is -1.16. The minimum Gasteiger partial charge on any atom is -0.478 e. The maximum Gasteiger partial charge on any atom is 0.336 e. The Bertz CT molecular complexity index is 726. The van der Waals surface area contributed by atoms with Crippen LogP contribution in [-0.2, 0) is 4.79 Å². The molecule has 0 heterocycles. The second-order valence-corrected chi connectivity index (χ2v) is 4.63. The molecule has 0 radical (unpaired) electrons. The van der Waals surface area contributed by atoms with E-state index < -0.39 is 10.9 Å². The molecule has 0 aliphatic rings. The van der Waals surface area contributed by atoms with E-state index in [2.05, 4.69) is 0 Å². The molecule has 0 saturated carbocycles. The molecule has 0 atom stereocenters. The lowest BCUT2D eigenvalue weighted by Crippen LogP contribution is -2.00. The third-order valence-corrected chi connectivity index (χ3v) is 3.04. The van der Waals surface area contributed by atoms with Gasteiger partial charge in [-0.05, 0) is 23.8 Å². The molecule has 0 saturated heterocycles. The summed E-state index contributed by atoms with van der Waals surface area (Å²) < 4.78 is 0. The number of carboxylic acids is 1. The molecule has 0 fully saturated rings. The van der Waals surface area contributed by atoms with Gasteiger partial charge in [-0.2, -0.15) is 0 Å². The second kappa shape index (κ2) is 6.19. The van der Waals surface area contributed by atoms with Gasteiger partial charge in [-0.25, -0.2) is 4.79 Å². The molecule has 2 aromatic rings. The lowest BCUT2D eigenvalue weighted by atomic mass is 10.0. The first-order valence-electron chi connectivity index (χ1n) is 5.93. The number of rotatable bonds is 4. The smallest absolute Gasteiger partial charge is 0.336 e. The predicted octanol–water partition coefficient (Wildman–Crippen LogP) is 3.87. The van der Waals surface area contributed by atoms with Gasteiger partial charge in [0, 0.05) is 11.1 Å². The lowest BCUT2D eigenvalue weighted by Gasteiger charge is -2.04. The summed E-state index contributed by atoms with van der Waals surface area (Å²) in [6, 6.07) is 12.5. The van der Waals surface area contributed by atoms with Gasteiger partial charge in [0.1, 0.15) is 0 Å². The van der Waals surface area contributed by atoms with Gasteiger partial charge in [-0.1, -0.05) is 41.9 Å². The van der Waals surface area contributed by atoms with Gasteiger partial charge in [-0.15, -0.1) is 0 Å². The van der Waals surface area contributed by atoms with Gasteiger partial charge in [0.25, 0.3) is 5.69 Å². The van der Waals surface area contributed by atoms with E-state index in [4.69, 9.17) is 11.6 Å². The molecule has 6 heteroatoms. The van der Waals surface area contributed by atoms with Crippen LogP contribution in [0.3, 0.4) is 0 Å². The van der Waals surface area contributed by atoms with Crippen molar-refractivity contribution in [2.75, 3.05) is 0 Å². The minimum atomic E-state index is -1.16. The third kappa shape index (κ3) is 3.46. The van der Waals surface area contributed by atoms with Crippen molar-refractivity contribution in [1.82, 2.24) is 0 Å². The Hall–Kier alpha value is -2.66. The Morgan fingerprint density at radius 3 is 2.43 bits per heavy atom. The average Bonchev–Trinajstić information content (AvgIpc) is 2.46. The fourth-order valence-electron chi connectivity index (χ4n) is 1.84. The first-order valence-corrected chi connectivity index (χ1v) is 6.31. The highest BCUT2D eigenvalue weighted by Gasteiger charge is 2.16. The molecule has 2 rings (SSSR count). The van der Waals surface area contributed by atoms with Crippen molar-refractivity contribution in [2.45, 2.75) is 0 Å². The van der Waals surface area contributed by atoms with Crippen molar-refractivity contribution in [3.63, 3.8) is 0 Å². The third-order valence-electron chi connectivity index (χ3n) is 2.80. The minimum absolute atomic E-state index is 0.0268. The first-order chi connectivity index (χ1) is 9.99. The molecule has 106 valence electrons. The van der Waals surface area contributed by atoms with Crippen LogP contribution in [0.5, 0.6) is 0 Å². The standard InChI is InChI=1S/C15H10ClNO4/c16-12-7-6-11(14(9-12)17(20)21)8-13(15(18)19)10-4-2-1-3-5-10/h1-9H,(H,18,19)/b13-8-. The molecule has 0 spiro atoms. The van der Waals surface area contributed by atoms with E-state index in [1.54, 1.807) is 30.3 Å². The zero-order valence-electron chi connectivity index (χ0n) is 10.7. The first kappa shape index (κ1) is 14.7. The monoisotopic (exact) mass is 303 g/mol. The van der Waals surface area contributed by atoms with Gasteiger partial charge in [-0.3, -0.25) is 10.1 Å². The normalized spacial score (nSPS) is 11.2. The van der Waals surface area contributed by atoms with E-state index in [1.165, 1.54) is 24.3 Å². The van der Waals surface area contributed by atoms with Crippen molar-refractivity contribution in [3.8, 4) is 0 Å².